The van der Waals surface area contributed by atoms with Crippen LogP contribution < -0.4 is 4.72 Å². The first-order chi connectivity index (χ1) is 21.6. The van der Waals surface area contributed by atoms with Crippen molar-refractivity contribution >= 4 is 57.6 Å². The molecule has 228 valence electrons. The Kier molecular flexibility index (Phi) is 9.66. The van der Waals surface area contributed by atoms with Gasteiger partial charge in [-0.1, -0.05) is 65.3 Å². The van der Waals surface area contributed by atoms with Crippen molar-refractivity contribution in [1.29, 1.82) is 0 Å². The van der Waals surface area contributed by atoms with Crippen LogP contribution in [-0.4, -0.2) is 54.1 Å². The molecule has 0 amide bonds. The summed E-state index contributed by atoms with van der Waals surface area (Å²) in [6.45, 7) is 5.64. The van der Waals surface area contributed by atoms with Gasteiger partial charge in [0.1, 0.15) is 12.0 Å². The Hall–Kier alpha value is -2.30. The number of hydrogen-bond donors (Lipinski definition) is 1. The van der Waals surface area contributed by atoms with E-state index >= 15 is 0 Å². The van der Waals surface area contributed by atoms with Gasteiger partial charge in [-0.15, -0.1) is 11.3 Å². The van der Waals surface area contributed by atoms with E-state index in [0.717, 1.165) is 34.6 Å². The molecule has 5 nitrogen and oxygen atoms in total. The van der Waals surface area contributed by atoms with Gasteiger partial charge in [-0.3, -0.25) is 4.72 Å². The highest BCUT2D eigenvalue weighted by Crippen LogP contribution is 2.55. The number of halogens is 1. The van der Waals surface area contributed by atoms with Crippen molar-refractivity contribution in [2.75, 3.05) is 39.8 Å². The maximum Gasteiger partial charge on any atom is 0.124 e. The van der Waals surface area contributed by atoms with Gasteiger partial charge in [0.05, 0.1) is 9.09 Å². The first-order valence-electron chi connectivity index (χ1n) is 15.4. The fourth-order valence-corrected chi connectivity index (χ4v) is 9.98. The van der Waals surface area contributed by atoms with E-state index in [9.17, 15) is 0 Å². The molecule has 1 N–H and O–H groups in total. The summed E-state index contributed by atoms with van der Waals surface area (Å²) in [6.07, 6.45) is 4.14. The molecule has 2 aliphatic rings. The average molecular weight is 661 g/mol. The van der Waals surface area contributed by atoms with Crippen molar-refractivity contribution in [3.63, 3.8) is 0 Å². The third kappa shape index (κ3) is 7.23. The van der Waals surface area contributed by atoms with E-state index in [-0.39, 0.29) is 0 Å². The molecule has 3 atom stereocenters. The molecule has 3 unspecified atom stereocenters. The standard InChI is InChI=1S/C35H37ClN4OS3/c1-39(44-34-13-12-33(42-34)31-16-19-41-38-31)22-29-30(35(29)26-8-4-9-27(36)20-26)23-40-17-14-24(15-18-40)21-37-43-32-11-5-7-25-6-2-3-10-28(25)32/h2-13,16,19-20,24,29-30,35,37H,14-15,17-18,21-23H2,1H3. The molecule has 9 heteroatoms. The van der Waals surface area contributed by atoms with Crippen LogP contribution in [-0.2, 0) is 0 Å². The van der Waals surface area contributed by atoms with Crippen LogP contribution in [0.2, 0.25) is 5.02 Å². The van der Waals surface area contributed by atoms with Gasteiger partial charge in [0.2, 0.25) is 0 Å². The summed E-state index contributed by atoms with van der Waals surface area (Å²) < 4.78 is 12.4. The number of thiophene rings is 1. The minimum absolute atomic E-state index is 0.558. The van der Waals surface area contributed by atoms with E-state index in [0.29, 0.717) is 17.8 Å². The zero-order chi connectivity index (χ0) is 29.9. The summed E-state index contributed by atoms with van der Waals surface area (Å²) in [4.78, 5) is 5.17. The van der Waals surface area contributed by atoms with E-state index in [2.05, 4.69) is 98.9 Å². The number of nitrogens with one attached hydrogen (secondary N) is 1. The van der Waals surface area contributed by atoms with Gasteiger partial charge in [0.25, 0.3) is 0 Å². The molecule has 44 heavy (non-hydrogen) atoms. The van der Waals surface area contributed by atoms with Crippen molar-refractivity contribution in [1.82, 2.24) is 19.1 Å². The van der Waals surface area contributed by atoms with Gasteiger partial charge < -0.3 is 9.42 Å². The van der Waals surface area contributed by atoms with Crippen molar-refractivity contribution in [2.45, 2.75) is 27.9 Å². The van der Waals surface area contributed by atoms with Crippen LogP contribution in [0.3, 0.4) is 0 Å². The first-order valence-corrected chi connectivity index (χ1v) is 18.1. The fourth-order valence-electron chi connectivity index (χ4n) is 6.68. The van der Waals surface area contributed by atoms with Gasteiger partial charge in [0, 0.05) is 35.6 Å². The number of hydrogen-bond acceptors (Lipinski definition) is 8. The smallest absolute Gasteiger partial charge is 0.124 e. The molecule has 1 saturated carbocycles. The Balaban J connectivity index is 0.917. The highest BCUT2D eigenvalue weighted by molar-refractivity contribution is 7.99. The summed E-state index contributed by atoms with van der Waals surface area (Å²) in [7, 11) is 2.22. The Morgan fingerprint density at radius 3 is 2.68 bits per heavy atom. The average Bonchev–Trinajstić information content (AvgIpc) is 3.39. The highest BCUT2D eigenvalue weighted by atomic mass is 35.5. The Labute approximate surface area is 277 Å². The monoisotopic (exact) mass is 660 g/mol. The number of piperidine rings is 1. The van der Waals surface area contributed by atoms with Gasteiger partial charge in [-0.2, -0.15) is 0 Å². The van der Waals surface area contributed by atoms with Crippen LogP contribution in [0.5, 0.6) is 0 Å². The number of aromatic nitrogens is 1. The third-order valence-corrected chi connectivity index (χ3v) is 12.3. The third-order valence-electron chi connectivity index (χ3n) is 9.03. The Morgan fingerprint density at radius 2 is 1.84 bits per heavy atom. The SMILES string of the molecule is CN(CC1C(CN2CCC(CNSc3cccc4ccccc34)CC2)C1c1cccc(Cl)c1)Sc1ccc(-c2ccon2)s1. The summed E-state index contributed by atoms with van der Waals surface area (Å²) in [5.41, 5.74) is 2.29. The second-order valence-corrected chi connectivity index (χ2v) is 15.9. The summed E-state index contributed by atoms with van der Waals surface area (Å²) in [6, 6.07) is 30.0. The Bertz CT molecular complexity index is 1660. The predicted molar refractivity (Wildman–Crippen MR) is 186 cm³/mol. The molecule has 0 spiro atoms. The normalized spacial score (nSPS) is 20.9. The summed E-state index contributed by atoms with van der Waals surface area (Å²) >= 11 is 11.8. The van der Waals surface area contributed by atoms with Crippen molar-refractivity contribution in [2.24, 2.45) is 17.8 Å². The topological polar surface area (TPSA) is 44.5 Å². The van der Waals surface area contributed by atoms with Crippen LogP contribution >= 0.6 is 46.8 Å². The van der Waals surface area contributed by atoms with Gasteiger partial charge in [-0.25, -0.2) is 4.31 Å². The van der Waals surface area contributed by atoms with Crippen LogP contribution in [0, 0.1) is 17.8 Å². The lowest BCUT2D eigenvalue weighted by atomic mass is 9.97. The van der Waals surface area contributed by atoms with E-state index in [1.807, 2.05) is 24.1 Å². The predicted octanol–water partition coefficient (Wildman–Crippen LogP) is 9.19. The molecular formula is C35H37ClN4OS3. The Morgan fingerprint density at radius 1 is 1.00 bits per heavy atom. The molecular weight excluding hydrogens is 624 g/mol. The molecule has 2 aromatic heterocycles. The number of nitrogens with zero attached hydrogens (tertiary/aromatic N) is 3. The van der Waals surface area contributed by atoms with Crippen LogP contribution in [0.4, 0.5) is 0 Å². The first kappa shape index (κ1) is 30.4. The van der Waals surface area contributed by atoms with Gasteiger partial charge in [0.15, 0.2) is 0 Å². The second kappa shape index (κ2) is 14.0. The lowest BCUT2D eigenvalue weighted by Gasteiger charge is -2.32. The molecule has 2 fully saturated rings. The van der Waals surface area contributed by atoms with Crippen LogP contribution in [0.15, 0.2) is 105 Å². The largest absolute Gasteiger partial charge is 0.364 e. The van der Waals surface area contributed by atoms with Crippen molar-refractivity contribution < 1.29 is 4.52 Å². The lowest BCUT2D eigenvalue weighted by Crippen LogP contribution is -2.37. The maximum absolute atomic E-state index is 6.44. The minimum Gasteiger partial charge on any atom is -0.364 e. The van der Waals surface area contributed by atoms with E-state index in [4.69, 9.17) is 16.1 Å². The quantitative estimate of drug-likeness (QED) is 0.134. The molecule has 0 radical (unpaired) electrons. The summed E-state index contributed by atoms with van der Waals surface area (Å²) in [5, 5.41) is 7.55. The van der Waals surface area contributed by atoms with E-state index in [1.165, 1.54) is 57.9 Å². The molecule has 5 aromatic rings. The highest BCUT2D eigenvalue weighted by Gasteiger charge is 2.51. The number of benzene rings is 3. The molecule has 3 aromatic carbocycles. The molecule has 1 aliphatic heterocycles. The lowest BCUT2D eigenvalue weighted by molar-refractivity contribution is 0.176. The van der Waals surface area contributed by atoms with Crippen molar-refractivity contribution in [3.05, 3.63) is 102 Å². The second-order valence-electron chi connectivity index (χ2n) is 12.0. The molecule has 1 aliphatic carbocycles. The number of rotatable bonds is 12. The van der Waals surface area contributed by atoms with Gasteiger partial charge >= 0.3 is 0 Å². The molecule has 7 rings (SSSR count). The molecule has 1 saturated heterocycles. The summed E-state index contributed by atoms with van der Waals surface area (Å²) in [5.74, 6) is 2.56. The number of likely N-dealkylation sites (tertiary alicyclic amines) is 1. The van der Waals surface area contributed by atoms with Crippen molar-refractivity contribution in [3.8, 4) is 10.6 Å². The van der Waals surface area contributed by atoms with Gasteiger partial charge in [-0.05, 0) is 127 Å². The zero-order valence-corrected chi connectivity index (χ0v) is 28.0. The van der Waals surface area contributed by atoms with Crippen LogP contribution in [0.25, 0.3) is 21.3 Å². The molecule has 0 bridgehead atoms. The fraction of sp³-hybridized carbons (Fsp3) is 0.343. The van der Waals surface area contributed by atoms with Crippen LogP contribution in [0.1, 0.15) is 24.3 Å². The maximum atomic E-state index is 6.44. The zero-order valence-electron chi connectivity index (χ0n) is 24.8. The molecule has 3 heterocycles. The van der Waals surface area contributed by atoms with E-state index in [1.54, 1.807) is 29.5 Å². The minimum atomic E-state index is 0.558. The number of fused-ring (bicyclic) bond motifs is 1. The van der Waals surface area contributed by atoms with E-state index < -0.39 is 0 Å².